The van der Waals surface area contributed by atoms with Crippen LogP contribution >= 0.6 is 0 Å². The van der Waals surface area contributed by atoms with Crippen molar-refractivity contribution in [3.63, 3.8) is 0 Å². The van der Waals surface area contributed by atoms with Gasteiger partial charge in [0.25, 0.3) is 5.91 Å². The Hall–Kier alpha value is -2.70. The number of benzene rings is 1. The maximum Gasteiger partial charge on any atom is 0.270 e. The van der Waals surface area contributed by atoms with Crippen LogP contribution < -0.4 is 0 Å². The summed E-state index contributed by atoms with van der Waals surface area (Å²) in [6, 6.07) is 3.86. The number of rotatable bonds is 3. The first-order valence-electron chi connectivity index (χ1n) is 10.6. The van der Waals surface area contributed by atoms with Crippen molar-refractivity contribution < 1.29 is 18.4 Å². The van der Waals surface area contributed by atoms with Gasteiger partial charge in [-0.05, 0) is 55.9 Å². The molecule has 160 valence electrons. The summed E-state index contributed by atoms with van der Waals surface area (Å²) < 4.78 is 30.6. The molecule has 0 atom stereocenters. The highest BCUT2D eigenvalue weighted by Crippen LogP contribution is 2.32. The van der Waals surface area contributed by atoms with Crippen LogP contribution in [0.3, 0.4) is 0 Å². The summed E-state index contributed by atoms with van der Waals surface area (Å²) in [6.07, 6.45) is 3.74. The molecule has 0 radical (unpaired) electrons. The zero-order chi connectivity index (χ0) is 21.4. The largest absolute Gasteiger partial charge is 0.339 e. The molecule has 0 spiro atoms. The third kappa shape index (κ3) is 3.61. The van der Waals surface area contributed by atoms with Crippen LogP contribution in [0.15, 0.2) is 18.2 Å². The molecular weight excluding hydrogens is 388 g/mol. The number of piperazine rings is 1. The number of carbonyl (C=O) groups is 2. The molecule has 4 rings (SSSR count). The fourth-order valence-electron chi connectivity index (χ4n) is 4.74. The molecule has 0 N–H and O–H groups in total. The number of hydrogen-bond donors (Lipinski definition) is 0. The molecule has 0 bridgehead atoms. The third-order valence-corrected chi connectivity index (χ3v) is 6.44. The minimum Gasteiger partial charge on any atom is -0.339 e. The molecule has 2 aromatic rings. The van der Waals surface area contributed by atoms with Crippen LogP contribution in [0.4, 0.5) is 8.78 Å². The summed E-state index contributed by atoms with van der Waals surface area (Å²) in [5, 5.41) is 0. The highest BCUT2D eigenvalue weighted by atomic mass is 19.1. The number of amides is 2. The van der Waals surface area contributed by atoms with Crippen molar-refractivity contribution >= 4 is 11.8 Å². The van der Waals surface area contributed by atoms with Crippen molar-refractivity contribution in [3.8, 4) is 0 Å². The molecule has 1 saturated heterocycles. The first-order chi connectivity index (χ1) is 14.4. The second kappa shape index (κ2) is 8.20. The van der Waals surface area contributed by atoms with Crippen LogP contribution in [-0.4, -0.2) is 52.4 Å². The maximum atomic E-state index is 14.4. The van der Waals surface area contributed by atoms with Crippen molar-refractivity contribution in [1.82, 2.24) is 14.4 Å². The number of fused-ring (bicyclic) bond motifs is 1. The summed E-state index contributed by atoms with van der Waals surface area (Å²) in [4.78, 5) is 28.6. The van der Waals surface area contributed by atoms with Crippen molar-refractivity contribution in [1.29, 1.82) is 0 Å². The average molecular weight is 415 g/mol. The maximum absolute atomic E-state index is 14.4. The Bertz CT molecular complexity index is 971. The monoisotopic (exact) mass is 415 g/mol. The standard InChI is InChI=1S/C23H27F2N3O2/c1-15-17-6-3-4-9-21(17)28(14-18-19(24)7-5-8-20(18)25)22(15)23(30)27-12-10-26(11-13-27)16(2)29/h5,7-8H,3-4,6,9-14H2,1-2H3. The first kappa shape index (κ1) is 20.6. The predicted octanol–water partition coefficient (Wildman–Crippen LogP) is 3.31. The van der Waals surface area contributed by atoms with Crippen molar-refractivity contribution in [2.45, 2.75) is 46.1 Å². The number of aromatic nitrogens is 1. The lowest BCUT2D eigenvalue weighted by Gasteiger charge is -2.34. The molecule has 2 aliphatic rings. The molecule has 1 aliphatic heterocycles. The number of halogens is 2. The van der Waals surface area contributed by atoms with E-state index in [9.17, 15) is 18.4 Å². The molecule has 7 heteroatoms. The molecule has 2 amide bonds. The highest BCUT2D eigenvalue weighted by molar-refractivity contribution is 5.95. The topological polar surface area (TPSA) is 45.6 Å². The van der Waals surface area contributed by atoms with E-state index in [1.807, 2.05) is 11.5 Å². The third-order valence-electron chi connectivity index (χ3n) is 6.44. The van der Waals surface area contributed by atoms with Crippen LogP contribution in [-0.2, 0) is 24.2 Å². The molecule has 0 unspecified atom stereocenters. The molecule has 2 heterocycles. The Morgan fingerprint density at radius 3 is 2.20 bits per heavy atom. The Morgan fingerprint density at radius 2 is 1.57 bits per heavy atom. The van der Waals surface area contributed by atoms with Crippen LogP contribution in [0.25, 0.3) is 0 Å². The lowest BCUT2D eigenvalue weighted by molar-refractivity contribution is -0.130. The first-order valence-corrected chi connectivity index (χ1v) is 10.6. The van der Waals surface area contributed by atoms with Gasteiger partial charge >= 0.3 is 0 Å². The molecule has 1 fully saturated rings. The summed E-state index contributed by atoms with van der Waals surface area (Å²) in [7, 11) is 0. The molecule has 1 aliphatic carbocycles. The van der Waals surface area contributed by atoms with Crippen molar-refractivity contribution in [2.75, 3.05) is 26.2 Å². The van der Waals surface area contributed by atoms with Gasteiger partial charge in [0, 0.05) is 44.4 Å². The SMILES string of the molecule is CC(=O)N1CCN(C(=O)c2c(C)c3c(n2Cc2c(F)cccc2F)CCCC3)CC1. The molecule has 1 aromatic carbocycles. The van der Waals surface area contributed by atoms with Gasteiger partial charge in [-0.15, -0.1) is 0 Å². The van der Waals surface area contributed by atoms with Gasteiger partial charge in [-0.25, -0.2) is 8.78 Å². The van der Waals surface area contributed by atoms with E-state index in [1.165, 1.54) is 25.1 Å². The Morgan fingerprint density at radius 1 is 0.967 bits per heavy atom. The van der Waals surface area contributed by atoms with Gasteiger partial charge in [0.1, 0.15) is 17.3 Å². The molecular formula is C23H27F2N3O2. The second-order valence-electron chi connectivity index (χ2n) is 8.19. The molecule has 30 heavy (non-hydrogen) atoms. The van der Waals surface area contributed by atoms with E-state index < -0.39 is 11.6 Å². The summed E-state index contributed by atoms with van der Waals surface area (Å²) in [5.74, 6) is -1.31. The molecule has 0 saturated carbocycles. The Labute approximate surface area is 175 Å². The summed E-state index contributed by atoms with van der Waals surface area (Å²) in [5.41, 5.74) is 3.59. The van der Waals surface area contributed by atoms with E-state index in [0.29, 0.717) is 31.9 Å². The zero-order valence-corrected chi connectivity index (χ0v) is 17.5. The predicted molar refractivity (Wildman–Crippen MR) is 109 cm³/mol. The fraction of sp³-hybridized carbons (Fsp3) is 0.478. The van der Waals surface area contributed by atoms with E-state index in [2.05, 4.69) is 0 Å². The summed E-state index contributed by atoms with van der Waals surface area (Å²) >= 11 is 0. The molecule has 5 nitrogen and oxygen atoms in total. The lowest BCUT2D eigenvalue weighted by Crippen LogP contribution is -2.50. The number of carbonyl (C=O) groups excluding carboxylic acids is 2. The summed E-state index contributed by atoms with van der Waals surface area (Å²) in [6.45, 7) is 5.40. The minimum absolute atomic E-state index is 0.00314. The van der Waals surface area contributed by atoms with Crippen LogP contribution in [0, 0.1) is 18.6 Å². The van der Waals surface area contributed by atoms with Gasteiger partial charge < -0.3 is 14.4 Å². The van der Waals surface area contributed by atoms with Gasteiger partial charge in [0.05, 0.1) is 6.54 Å². The van der Waals surface area contributed by atoms with Gasteiger partial charge in [0.15, 0.2) is 0 Å². The van der Waals surface area contributed by atoms with Gasteiger partial charge in [0.2, 0.25) is 5.91 Å². The van der Waals surface area contributed by atoms with E-state index in [-0.39, 0.29) is 23.9 Å². The normalized spacial score (nSPS) is 16.5. The number of nitrogens with zero attached hydrogens (tertiary/aromatic N) is 3. The van der Waals surface area contributed by atoms with E-state index in [4.69, 9.17) is 0 Å². The van der Waals surface area contributed by atoms with Crippen LogP contribution in [0.2, 0.25) is 0 Å². The fourth-order valence-corrected chi connectivity index (χ4v) is 4.74. The average Bonchev–Trinajstić information content (AvgIpc) is 3.02. The minimum atomic E-state index is -0.598. The lowest BCUT2D eigenvalue weighted by atomic mass is 9.95. The molecule has 1 aromatic heterocycles. The second-order valence-corrected chi connectivity index (χ2v) is 8.19. The van der Waals surface area contributed by atoms with Gasteiger partial charge in [-0.1, -0.05) is 6.07 Å². The smallest absolute Gasteiger partial charge is 0.270 e. The van der Waals surface area contributed by atoms with Crippen LogP contribution in [0.5, 0.6) is 0 Å². The number of hydrogen-bond acceptors (Lipinski definition) is 2. The van der Waals surface area contributed by atoms with E-state index in [0.717, 1.165) is 42.5 Å². The van der Waals surface area contributed by atoms with Crippen LogP contribution in [0.1, 0.15) is 52.6 Å². The Balaban J connectivity index is 1.72. The van der Waals surface area contributed by atoms with Crippen molar-refractivity contribution in [3.05, 3.63) is 57.9 Å². The zero-order valence-electron chi connectivity index (χ0n) is 17.5. The quantitative estimate of drug-likeness (QED) is 0.772. The van der Waals surface area contributed by atoms with E-state index >= 15 is 0 Å². The van der Waals surface area contributed by atoms with Gasteiger partial charge in [-0.3, -0.25) is 9.59 Å². The van der Waals surface area contributed by atoms with Gasteiger partial charge in [-0.2, -0.15) is 0 Å². The Kier molecular flexibility index (Phi) is 5.62. The van der Waals surface area contributed by atoms with Crippen molar-refractivity contribution in [2.24, 2.45) is 0 Å². The van der Waals surface area contributed by atoms with E-state index in [1.54, 1.807) is 9.80 Å². The highest BCUT2D eigenvalue weighted by Gasteiger charge is 2.31.